The number of nitrogens with two attached hydrogens (primary N) is 1. The van der Waals surface area contributed by atoms with E-state index in [0.29, 0.717) is 0 Å². The van der Waals surface area contributed by atoms with E-state index in [9.17, 15) is 4.39 Å². The fourth-order valence-electron chi connectivity index (χ4n) is 1.98. The first-order valence-electron chi connectivity index (χ1n) is 6.41. The Labute approximate surface area is 113 Å². The molecule has 3 heteroatoms. The maximum absolute atomic E-state index is 12.8. The van der Waals surface area contributed by atoms with E-state index in [-0.39, 0.29) is 5.82 Å². The fourth-order valence-corrected chi connectivity index (χ4v) is 1.98. The summed E-state index contributed by atoms with van der Waals surface area (Å²) in [5.41, 5.74) is 8.85. The molecule has 0 atom stereocenters. The number of halogens is 1. The summed E-state index contributed by atoms with van der Waals surface area (Å²) in [6, 6.07) is 14.6. The molecule has 0 fully saturated rings. The summed E-state index contributed by atoms with van der Waals surface area (Å²) in [7, 11) is 2.08. The minimum Gasteiger partial charge on any atom is -0.399 e. The molecule has 0 amide bonds. The highest BCUT2D eigenvalue weighted by Crippen LogP contribution is 2.09. The summed E-state index contributed by atoms with van der Waals surface area (Å²) >= 11 is 0. The van der Waals surface area contributed by atoms with Crippen molar-refractivity contribution in [2.45, 2.75) is 13.0 Å². The SMILES string of the molecule is CN(CCc1ccc(F)cc1)Cc1ccc(N)cc1. The summed E-state index contributed by atoms with van der Waals surface area (Å²) in [4.78, 5) is 2.24. The lowest BCUT2D eigenvalue weighted by atomic mass is 10.1. The normalized spacial score (nSPS) is 10.9. The van der Waals surface area contributed by atoms with Crippen LogP contribution in [0.2, 0.25) is 0 Å². The third-order valence-electron chi connectivity index (χ3n) is 3.13. The van der Waals surface area contributed by atoms with E-state index in [1.807, 2.05) is 36.4 Å². The van der Waals surface area contributed by atoms with Crippen molar-refractivity contribution in [1.29, 1.82) is 0 Å². The Morgan fingerprint density at radius 2 is 1.53 bits per heavy atom. The monoisotopic (exact) mass is 258 g/mol. The molecule has 0 bridgehead atoms. The largest absolute Gasteiger partial charge is 0.399 e. The van der Waals surface area contributed by atoms with Crippen LogP contribution in [0.15, 0.2) is 48.5 Å². The molecule has 0 aliphatic rings. The highest BCUT2D eigenvalue weighted by atomic mass is 19.1. The van der Waals surface area contributed by atoms with E-state index in [0.717, 1.165) is 30.8 Å². The minimum absolute atomic E-state index is 0.182. The molecule has 0 unspecified atom stereocenters. The van der Waals surface area contributed by atoms with Crippen molar-refractivity contribution in [3.8, 4) is 0 Å². The van der Waals surface area contributed by atoms with Gasteiger partial charge in [0.05, 0.1) is 0 Å². The smallest absolute Gasteiger partial charge is 0.123 e. The predicted molar refractivity (Wildman–Crippen MR) is 77.3 cm³/mol. The molecule has 0 aliphatic carbocycles. The van der Waals surface area contributed by atoms with Crippen LogP contribution in [-0.2, 0) is 13.0 Å². The molecular formula is C16H19FN2. The van der Waals surface area contributed by atoms with Crippen molar-refractivity contribution in [3.05, 3.63) is 65.5 Å². The summed E-state index contributed by atoms with van der Waals surface area (Å²) in [6.45, 7) is 1.83. The van der Waals surface area contributed by atoms with Gasteiger partial charge < -0.3 is 10.6 Å². The zero-order valence-electron chi connectivity index (χ0n) is 11.1. The van der Waals surface area contributed by atoms with E-state index in [2.05, 4.69) is 11.9 Å². The van der Waals surface area contributed by atoms with Crippen molar-refractivity contribution in [1.82, 2.24) is 4.90 Å². The zero-order chi connectivity index (χ0) is 13.7. The third-order valence-corrected chi connectivity index (χ3v) is 3.13. The average Bonchev–Trinajstić information content (AvgIpc) is 2.41. The van der Waals surface area contributed by atoms with Crippen LogP contribution in [0.1, 0.15) is 11.1 Å². The standard InChI is InChI=1S/C16H19FN2/c1-19(12-14-4-8-16(18)9-5-14)11-10-13-2-6-15(17)7-3-13/h2-9H,10-12,18H2,1H3. The van der Waals surface area contributed by atoms with Gasteiger partial charge in [0, 0.05) is 18.8 Å². The van der Waals surface area contributed by atoms with Crippen LogP contribution in [0.5, 0.6) is 0 Å². The van der Waals surface area contributed by atoms with Gasteiger partial charge in [0.15, 0.2) is 0 Å². The van der Waals surface area contributed by atoms with Crippen LogP contribution in [0, 0.1) is 5.82 Å². The number of hydrogen-bond donors (Lipinski definition) is 1. The van der Waals surface area contributed by atoms with Crippen LogP contribution in [0.4, 0.5) is 10.1 Å². The summed E-state index contributed by atoms with van der Waals surface area (Å²) in [5, 5.41) is 0. The van der Waals surface area contributed by atoms with E-state index in [1.54, 1.807) is 0 Å². The fraction of sp³-hybridized carbons (Fsp3) is 0.250. The second-order valence-electron chi connectivity index (χ2n) is 4.86. The lowest BCUT2D eigenvalue weighted by Crippen LogP contribution is -2.20. The van der Waals surface area contributed by atoms with E-state index < -0.39 is 0 Å². The molecule has 2 N–H and O–H groups in total. The Bertz CT molecular complexity index is 505. The maximum Gasteiger partial charge on any atom is 0.123 e. The quantitative estimate of drug-likeness (QED) is 0.835. The Balaban J connectivity index is 1.82. The highest BCUT2D eigenvalue weighted by molar-refractivity contribution is 5.39. The van der Waals surface area contributed by atoms with Crippen molar-refractivity contribution in [2.75, 3.05) is 19.3 Å². The van der Waals surface area contributed by atoms with Crippen LogP contribution >= 0.6 is 0 Å². The topological polar surface area (TPSA) is 29.3 Å². The molecule has 0 spiro atoms. The van der Waals surface area contributed by atoms with Gasteiger partial charge in [-0.15, -0.1) is 0 Å². The van der Waals surface area contributed by atoms with Gasteiger partial charge >= 0.3 is 0 Å². The minimum atomic E-state index is -0.182. The van der Waals surface area contributed by atoms with Gasteiger partial charge in [-0.2, -0.15) is 0 Å². The van der Waals surface area contributed by atoms with Crippen LogP contribution in [0.3, 0.4) is 0 Å². The Morgan fingerprint density at radius 1 is 0.947 bits per heavy atom. The molecule has 100 valence electrons. The van der Waals surface area contributed by atoms with Crippen LogP contribution in [0.25, 0.3) is 0 Å². The van der Waals surface area contributed by atoms with Crippen molar-refractivity contribution < 1.29 is 4.39 Å². The van der Waals surface area contributed by atoms with Crippen molar-refractivity contribution in [2.24, 2.45) is 0 Å². The van der Waals surface area contributed by atoms with Gasteiger partial charge in [-0.1, -0.05) is 24.3 Å². The first-order chi connectivity index (χ1) is 9.13. The first kappa shape index (κ1) is 13.6. The van der Waals surface area contributed by atoms with Gasteiger partial charge in [0.25, 0.3) is 0 Å². The van der Waals surface area contributed by atoms with Gasteiger partial charge in [-0.3, -0.25) is 0 Å². The molecule has 2 aromatic rings. The molecular weight excluding hydrogens is 239 g/mol. The summed E-state index contributed by atoms with van der Waals surface area (Å²) in [6.07, 6.45) is 0.922. The van der Waals surface area contributed by atoms with Crippen LogP contribution in [-0.4, -0.2) is 18.5 Å². The second-order valence-corrected chi connectivity index (χ2v) is 4.86. The van der Waals surface area contributed by atoms with Gasteiger partial charge in [-0.05, 0) is 48.9 Å². The number of nitrogens with zero attached hydrogens (tertiary/aromatic N) is 1. The lowest BCUT2D eigenvalue weighted by molar-refractivity contribution is 0.331. The molecule has 0 saturated heterocycles. The van der Waals surface area contributed by atoms with Crippen LogP contribution < -0.4 is 5.73 Å². The molecule has 2 aromatic carbocycles. The molecule has 0 radical (unpaired) electrons. The molecule has 0 saturated carbocycles. The van der Waals surface area contributed by atoms with E-state index in [1.165, 1.54) is 17.7 Å². The Morgan fingerprint density at radius 3 is 2.16 bits per heavy atom. The van der Waals surface area contributed by atoms with E-state index in [4.69, 9.17) is 5.73 Å². The Hall–Kier alpha value is -1.87. The Kier molecular flexibility index (Phi) is 4.53. The lowest BCUT2D eigenvalue weighted by Gasteiger charge is -2.16. The van der Waals surface area contributed by atoms with Gasteiger partial charge in [0.2, 0.25) is 0 Å². The highest BCUT2D eigenvalue weighted by Gasteiger charge is 2.01. The predicted octanol–water partition coefficient (Wildman–Crippen LogP) is 3.08. The average molecular weight is 258 g/mol. The summed E-state index contributed by atoms with van der Waals surface area (Å²) < 4.78 is 12.8. The number of anilines is 1. The number of hydrogen-bond acceptors (Lipinski definition) is 2. The first-order valence-corrected chi connectivity index (χ1v) is 6.41. The number of benzene rings is 2. The molecule has 19 heavy (non-hydrogen) atoms. The van der Waals surface area contributed by atoms with Crippen molar-refractivity contribution >= 4 is 5.69 Å². The van der Waals surface area contributed by atoms with Gasteiger partial charge in [0.1, 0.15) is 5.82 Å². The molecule has 2 rings (SSSR count). The number of nitrogen functional groups attached to an aromatic ring is 1. The summed E-state index contributed by atoms with van der Waals surface area (Å²) in [5.74, 6) is -0.182. The number of likely N-dealkylation sites (N-methyl/N-ethyl adjacent to an activating group) is 1. The molecule has 2 nitrogen and oxygen atoms in total. The van der Waals surface area contributed by atoms with E-state index >= 15 is 0 Å². The van der Waals surface area contributed by atoms with Crippen molar-refractivity contribution in [3.63, 3.8) is 0 Å². The molecule has 0 heterocycles. The number of rotatable bonds is 5. The van der Waals surface area contributed by atoms with Gasteiger partial charge in [-0.25, -0.2) is 4.39 Å². The molecule has 0 aliphatic heterocycles. The molecule has 0 aromatic heterocycles. The zero-order valence-corrected chi connectivity index (χ0v) is 11.1. The second kappa shape index (κ2) is 6.34. The maximum atomic E-state index is 12.8. The third kappa shape index (κ3) is 4.38.